The minimum Gasteiger partial charge on any atom is -0.480 e. The molecular formula is C18H20N2O9. The predicted molar refractivity (Wildman–Crippen MR) is 100 cm³/mol. The summed E-state index contributed by atoms with van der Waals surface area (Å²) < 4.78 is 0. The van der Waals surface area contributed by atoms with Gasteiger partial charge >= 0.3 is 11.9 Å². The third-order valence-corrected chi connectivity index (χ3v) is 4.44. The molecule has 156 valence electrons. The quantitative estimate of drug-likeness (QED) is 0.470. The maximum Gasteiger partial charge on any atom is 0.331 e. The molecule has 1 aliphatic rings. The molecule has 0 heterocycles. The van der Waals surface area contributed by atoms with Crippen LogP contribution in [0.5, 0.6) is 0 Å². The molecule has 1 aromatic carbocycles. The molecule has 0 saturated heterocycles. The topological polar surface area (TPSA) is 181 Å². The van der Waals surface area contributed by atoms with Crippen LogP contribution in [0.2, 0.25) is 0 Å². The van der Waals surface area contributed by atoms with E-state index in [4.69, 9.17) is 5.11 Å². The minimum absolute atomic E-state index is 0.319. The second-order valence-corrected chi connectivity index (χ2v) is 6.09. The Morgan fingerprint density at radius 3 is 1.97 bits per heavy atom. The van der Waals surface area contributed by atoms with Gasteiger partial charge in [-0.3, -0.25) is 25.0 Å². The number of benzene rings is 1. The molecule has 0 aromatic heterocycles. The number of carboxylic acids is 2. The lowest BCUT2D eigenvalue weighted by molar-refractivity contribution is -0.396. The van der Waals surface area contributed by atoms with Crippen molar-refractivity contribution in [2.75, 3.05) is 6.61 Å². The maximum absolute atomic E-state index is 12.1. The number of aliphatic hydroxyl groups is 1. The number of nitrogens with zero attached hydrogens (tertiary/aromatic N) is 2. The van der Waals surface area contributed by atoms with Crippen LogP contribution in [-0.4, -0.2) is 43.7 Å². The first-order valence-electron chi connectivity index (χ1n) is 8.45. The van der Waals surface area contributed by atoms with Gasteiger partial charge in [-0.2, -0.15) is 0 Å². The Labute approximate surface area is 164 Å². The Balaban J connectivity index is 0.000000960. The summed E-state index contributed by atoms with van der Waals surface area (Å²) in [7, 11) is 0. The molecule has 2 atom stereocenters. The summed E-state index contributed by atoms with van der Waals surface area (Å²) in [6.45, 7) is 3.50. The summed E-state index contributed by atoms with van der Waals surface area (Å²) in [4.78, 5) is 44.3. The number of aliphatic carboxylic acids is 2. The maximum atomic E-state index is 12.1. The number of hydrogen-bond donors (Lipinski definition) is 3. The molecule has 1 aromatic rings. The molecule has 2 rings (SSSR count). The molecule has 2 unspecified atom stereocenters. The van der Waals surface area contributed by atoms with Gasteiger partial charge in [-0.1, -0.05) is 32.1 Å². The monoisotopic (exact) mass is 408 g/mol. The number of allylic oxidation sites excluding steroid dienone is 2. The highest BCUT2D eigenvalue weighted by atomic mass is 16.6. The first-order valence-corrected chi connectivity index (χ1v) is 8.45. The van der Waals surface area contributed by atoms with Crippen LogP contribution in [0.25, 0.3) is 0 Å². The molecule has 11 nitrogen and oxygen atoms in total. The Hall–Kier alpha value is -3.60. The third-order valence-electron chi connectivity index (χ3n) is 4.44. The summed E-state index contributed by atoms with van der Waals surface area (Å²) >= 11 is 0. The third kappa shape index (κ3) is 4.46. The van der Waals surface area contributed by atoms with Crippen LogP contribution >= 0.6 is 0 Å². The van der Waals surface area contributed by atoms with Crippen LogP contribution in [0, 0.1) is 26.1 Å². The van der Waals surface area contributed by atoms with Crippen molar-refractivity contribution >= 4 is 23.3 Å². The van der Waals surface area contributed by atoms with Crippen LogP contribution in [0.15, 0.2) is 42.0 Å². The van der Waals surface area contributed by atoms with Gasteiger partial charge in [0.2, 0.25) is 0 Å². The molecule has 11 heteroatoms. The van der Waals surface area contributed by atoms with Crippen LogP contribution < -0.4 is 0 Å². The van der Waals surface area contributed by atoms with Crippen molar-refractivity contribution < 1.29 is 34.8 Å². The van der Waals surface area contributed by atoms with Gasteiger partial charge in [0, 0.05) is 30.2 Å². The largest absolute Gasteiger partial charge is 0.480 e. The lowest BCUT2D eigenvalue weighted by atomic mass is 9.65. The van der Waals surface area contributed by atoms with E-state index in [0.29, 0.717) is 6.61 Å². The number of hydrogen-bond acceptors (Lipinski definition) is 7. The summed E-state index contributed by atoms with van der Waals surface area (Å²) in [5.74, 6) is -4.32. The van der Waals surface area contributed by atoms with E-state index >= 15 is 0 Å². The van der Waals surface area contributed by atoms with E-state index in [-0.39, 0.29) is 5.57 Å². The Bertz CT molecular complexity index is 857. The van der Waals surface area contributed by atoms with E-state index in [9.17, 15) is 40.0 Å². The summed E-state index contributed by atoms with van der Waals surface area (Å²) in [5.41, 5.74) is -4.78. The highest BCUT2D eigenvalue weighted by Gasteiger charge is 2.54. The van der Waals surface area contributed by atoms with E-state index in [1.54, 1.807) is 0 Å². The van der Waals surface area contributed by atoms with Crippen molar-refractivity contribution in [3.05, 3.63) is 67.8 Å². The standard InChI is InChI=1S/C15H12N2O8.C3H8O/c1-8-9(13(18)19)4-3-7-15(8,14(20)21)12-10(16(22)23)5-2-6-11(12)17(24)25;1-2-3-4/h2-8H,1H3,(H,18,19)(H,20,21);4H,2-3H2,1H3. The number of nitro groups is 2. The average Bonchev–Trinajstić information content (AvgIpc) is 2.67. The zero-order chi connectivity index (χ0) is 22.4. The number of aliphatic hydroxyl groups excluding tert-OH is 1. The predicted octanol–water partition coefficient (Wildman–Crippen LogP) is 2.43. The Morgan fingerprint density at radius 2 is 1.62 bits per heavy atom. The molecule has 0 amide bonds. The highest BCUT2D eigenvalue weighted by molar-refractivity contribution is 5.95. The number of rotatable bonds is 6. The van der Waals surface area contributed by atoms with Crippen LogP contribution in [0.4, 0.5) is 11.4 Å². The van der Waals surface area contributed by atoms with Crippen LogP contribution in [0.1, 0.15) is 25.8 Å². The molecule has 1 aliphatic carbocycles. The van der Waals surface area contributed by atoms with E-state index in [1.165, 1.54) is 6.92 Å². The zero-order valence-corrected chi connectivity index (χ0v) is 15.6. The Morgan fingerprint density at radius 1 is 1.14 bits per heavy atom. The second kappa shape index (κ2) is 9.55. The van der Waals surface area contributed by atoms with E-state index in [2.05, 4.69) is 0 Å². The van der Waals surface area contributed by atoms with Gasteiger partial charge in [0.05, 0.1) is 9.85 Å². The van der Waals surface area contributed by atoms with Gasteiger partial charge < -0.3 is 15.3 Å². The molecule has 0 aliphatic heterocycles. The van der Waals surface area contributed by atoms with Gasteiger partial charge in [0.15, 0.2) is 0 Å². The highest BCUT2D eigenvalue weighted by Crippen LogP contribution is 2.48. The van der Waals surface area contributed by atoms with Crippen molar-refractivity contribution in [1.29, 1.82) is 0 Å². The number of carboxylic acid groups (broad SMARTS) is 2. The fraction of sp³-hybridized carbons (Fsp3) is 0.333. The average molecular weight is 408 g/mol. The SMILES string of the molecule is CC1C(C(=O)O)=CC=CC1(C(=O)O)c1c([N+](=O)[O-])cccc1[N+](=O)[O-].CCCO. The first-order chi connectivity index (χ1) is 13.6. The fourth-order valence-corrected chi connectivity index (χ4v) is 3.01. The molecule has 0 fully saturated rings. The molecule has 0 saturated carbocycles. The zero-order valence-electron chi connectivity index (χ0n) is 15.6. The molecule has 0 spiro atoms. The summed E-state index contributed by atoms with van der Waals surface area (Å²) in [6.07, 6.45) is 4.20. The number of carbonyl (C=O) groups is 2. The van der Waals surface area contributed by atoms with Crippen molar-refractivity contribution in [3.8, 4) is 0 Å². The minimum atomic E-state index is -2.27. The van der Waals surface area contributed by atoms with E-state index < -0.39 is 50.1 Å². The second-order valence-electron chi connectivity index (χ2n) is 6.09. The molecular weight excluding hydrogens is 388 g/mol. The van der Waals surface area contributed by atoms with Gasteiger partial charge in [0.1, 0.15) is 11.0 Å². The fourth-order valence-electron chi connectivity index (χ4n) is 3.01. The Kier molecular flexibility index (Phi) is 7.72. The van der Waals surface area contributed by atoms with Gasteiger partial charge in [-0.25, -0.2) is 4.79 Å². The van der Waals surface area contributed by atoms with Crippen LogP contribution in [0.3, 0.4) is 0 Å². The van der Waals surface area contributed by atoms with Crippen LogP contribution in [-0.2, 0) is 15.0 Å². The van der Waals surface area contributed by atoms with Crippen molar-refractivity contribution in [2.45, 2.75) is 25.7 Å². The normalized spacial score (nSPS) is 20.1. The lowest BCUT2D eigenvalue weighted by Gasteiger charge is -2.34. The van der Waals surface area contributed by atoms with Crippen molar-refractivity contribution in [1.82, 2.24) is 0 Å². The molecule has 29 heavy (non-hydrogen) atoms. The molecule has 0 radical (unpaired) electrons. The van der Waals surface area contributed by atoms with Gasteiger partial charge in [-0.05, 0) is 12.5 Å². The molecule has 3 N–H and O–H groups in total. The smallest absolute Gasteiger partial charge is 0.331 e. The first kappa shape index (κ1) is 23.4. The van der Waals surface area contributed by atoms with Gasteiger partial charge in [0.25, 0.3) is 11.4 Å². The van der Waals surface area contributed by atoms with E-state index in [0.717, 1.165) is 42.8 Å². The number of nitro benzene ring substituents is 2. The van der Waals surface area contributed by atoms with Gasteiger partial charge in [-0.15, -0.1) is 0 Å². The summed E-state index contributed by atoms with van der Waals surface area (Å²) in [6, 6.07) is 2.97. The van der Waals surface area contributed by atoms with Crippen molar-refractivity contribution in [2.24, 2.45) is 5.92 Å². The molecule has 0 bridgehead atoms. The van der Waals surface area contributed by atoms with E-state index in [1.807, 2.05) is 6.92 Å². The van der Waals surface area contributed by atoms with Crippen molar-refractivity contribution in [3.63, 3.8) is 0 Å². The lowest BCUT2D eigenvalue weighted by Crippen LogP contribution is -2.44. The summed E-state index contributed by atoms with van der Waals surface area (Å²) in [5, 5.41) is 49.7.